The summed E-state index contributed by atoms with van der Waals surface area (Å²) in [7, 11) is 0. The van der Waals surface area contributed by atoms with E-state index in [-0.39, 0.29) is 18.3 Å². The van der Waals surface area contributed by atoms with E-state index in [9.17, 15) is 4.79 Å². The van der Waals surface area contributed by atoms with Gasteiger partial charge in [0, 0.05) is 0 Å². The maximum atomic E-state index is 12.5. The fourth-order valence-electron chi connectivity index (χ4n) is 3.35. The number of amides is 1. The topological polar surface area (TPSA) is 68.0 Å². The second-order valence-corrected chi connectivity index (χ2v) is 7.44. The Kier molecular flexibility index (Phi) is 5.38. The minimum atomic E-state index is -0.183. The van der Waals surface area contributed by atoms with Crippen LogP contribution in [0.5, 0.6) is 0 Å². The zero-order valence-corrected chi connectivity index (χ0v) is 16.6. The predicted molar refractivity (Wildman–Crippen MR) is 114 cm³/mol. The summed E-state index contributed by atoms with van der Waals surface area (Å²) < 4.78 is 5.61. The van der Waals surface area contributed by atoms with Crippen molar-refractivity contribution in [3.05, 3.63) is 89.3 Å². The van der Waals surface area contributed by atoms with Gasteiger partial charge in [0.25, 0.3) is 0 Å². The van der Waals surface area contributed by atoms with Gasteiger partial charge in [-0.2, -0.15) is 0 Å². The molecule has 5 nitrogen and oxygen atoms in total. The lowest BCUT2D eigenvalue weighted by Gasteiger charge is -2.06. The van der Waals surface area contributed by atoms with Gasteiger partial charge in [-0.05, 0) is 33.4 Å². The summed E-state index contributed by atoms with van der Waals surface area (Å²) in [5, 5.41) is 12.9. The molecule has 0 bridgehead atoms. The van der Waals surface area contributed by atoms with Crippen molar-refractivity contribution in [2.45, 2.75) is 32.6 Å². The molecule has 0 saturated carbocycles. The molecule has 0 atom stereocenters. The van der Waals surface area contributed by atoms with Crippen LogP contribution in [-0.2, 0) is 17.6 Å². The smallest absolute Gasteiger partial charge is 0.322 e. The van der Waals surface area contributed by atoms with Crippen molar-refractivity contribution in [3.63, 3.8) is 0 Å². The van der Waals surface area contributed by atoms with Crippen LogP contribution in [0.1, 0.15) is 42.3 Å². The molecule has 4 rings (SSSR count). The van der Waals surface area contributed by atoms with Crippen molar-refractivity contribution >= 4 is 22.7 Å². The number of nitrogens with zero attached hydrogens (tertiary/aromatic N) is 2. The van der Waals surface area contributed by atoms with Gasteiger partial charge in [0.1, 0.15) is 0 Å². The summed E-state index contributed by atoms with van der Waals surface area (Å²) in [6, 6.07) is 22.5. The summed E-state index contributed by atoms with van der Waals surface area (Å²) >= 11 is 0. The standard InChI is InChI=1S/C24H23N3O2/c1-16(2)18-12-10-17(11-13-18)14-23-26-27-24(29-23)25-22(28)15-20-8-5-7-19-6-3-4-9-21(19)20/h3-13,16H,14-15H2,1-2H3,(H,25,27,28). The van der Waals surface area contributed by atoms with Crippen molar-refractivity contribution in [1.82, 2.24) is 10.2 Å². The van der Waals surface area contributed by atoms with Crippen LogP contribution in [0.2, 0.25) is 0 Å². The van der Waals surface area contributed by atoms with Crippen LogP contribution in [0.4, 0.5) is 6.01 Å². The number of hydrogen-bond donors (Lipinski definition) is 1. The molecular weight excluding hydrogens is 362 g/mol. The zero-order chi connectivity index (χ0) is 20.2. The third-order valence-electron chi connectivity index (χ3n) is 4.95. The van der Waals surface area contributed by atoms with E-state index < -0.39 is 0 Å². The maximum Gasteiger partial charge on any atom is 0.322 e. The quantitative estimate of drug-likeness (QED) is 0.500. The monoisotopic (exact) mass is 385 g/mol. The van der Waals surface area contributed by atoms with Gasteiger partial charge in [-0.25, -0.2) is 0 Å². The molecule has 146 valence electrons. The molecule has 0 unspecified atom stereocenters. The molecule has 0 aliphatic carbocycles. The number of carbonyl (C=O) groups is 1. The molecule has 1 aromatic heterocycles. The number of carbonyl (C=O) groups excluding carboxylic acids is 1. The van der Waals surface area contributed by atoms with Gasteiger partial charge in [-0.3, -0.25) is 10.1 Å². The molecule has 29 heavy (non-hydrogen) atoms. The molecular formula is C24H23N3O2. The van der Waals surface area contributed by atoms with Crippen LogP contribution in [-0.4, -0.2) is 16.1 Å². The van der Waals surface area contributed by atoms with E-state index in [1.807, 2.05) is 42.5 Å². The van der Waals surface area contributed by atoms with Gasteiger partial charge >= 0.3 is 6.01 Å². The SMILES string of the molecule is CC(C)c1ccc(Cc2nnc(NC(=O)Cc3cccc4ccccc34)o2)cc1. The highest BCUT2D eigenvalue weighted by Crippen LogP contribution is 2.20. The van der Waals surface area contributed by atoms with Crippen LogP contribution >= 0.6 is 0 Å². The van der Waals surface area contributed by atoms with Crippen molar-refractivity contribution in [3.8, 4) is 0 Å². The molecule has 1 amide bonds. The maximum absolute atomic E-state index is 12.5. The van der Waals surface area contributed by atoms with Crippen LogP contribution in [0.25, 0.3) is 10.8 Å². The Morgan fingerprint density at radius 2 is 1.72 bits per heavy atom. The number of hydrogen-bond acceptors (Lipinski definition) is 4. The first-order chi connectivity index (χ1) is 14.1. The average molecular weight is 385 g/mol. The number of aromatic nitrogens is 2. The van der Waals surface area contributed by atoms with Crippen molar-refractivity contribution in [2.24, 2.45) is 0 Å². The Hall–Kier alpha value is -3.47. The predicted octanol–water partition coefficient (Wildman–Crippen LogP) is 5.12. The molecule has 0 aliphatic rings. The number of anilines is 1. The summed E-state index contributed by atoms with van der Waals surface area (Å²) in [5.74, 6) is 0.789. The van der Waals surface area contributed by atoms with Gasteiger partial charge in [0.2, 0.25) is 11.8 Å². The van der Waals surface area contributed by atoms with Crippen molar-refractivity contribution in [1.29, 1.82) is 0 Å². The minimum Gasteiger partial charge on any atom is -0.407 e. The normalized spacial score (nSPS) is 11.1. The summed E-state index contributed by atoms with van der Waals surface area (Å²) in [5.41, 5.74) is 3.35. The number of benzene rings is 3. The van der Waals surface area contributed by atoms with E-state index in [0.717, 1.165) is 21.9 Å². The number of fused-ring (bicyclic) bond motifs is 1. The van der Waals surface area contributed by atoms with E-state index in [1.165, 1.54) is 5.56 Å². The first kappa shape index (κ1) is 18.9. The highest BCUT2D eigenvalue weighted by atomic mass is 16.4. The Morgan fingerprint density at radius 1 is 0.966 bits per heavy atom. The molecule has 0 radical (unpaired) electrons. The molecule has 0 fully saturated rings. The Morgan fingerprint density at radius 3 is 2.52 bits per heavy atom. The zero-order valence-electron chi connectivity index (χ0n) is 16.6. The second kappa shape index (κ2) is 8.27. The van der Waals surface area contributed by atoms with E-state index in [4.69, 9.17) is 4.42 Å². The third-order valence-corrected chi connectivity index (χ3v) is 4.95. The Balaban J connectivity index is 1.40. The van der Waals surface area contributed by atoms with Crippen LogP contribution in [0.3, 0.4) is 0 Å². The van der Waals surface area contributed by atoms with E-state index >= 15 is 0 Å². The van der Waals surface area contributed by atoms with Gasteiger partial charge in [-0.1, -0.05) is 85.7 Å². The number of rotatable bonds is 6. The van der Waals surface area contributed by atoms with E-state index in [2.05, 4.69) is 53.6 Å². The molecule has 0 aliphatic heterocycles. The molecule has 3 aromatic carbocycles. The Labute approximate surface area is 169 Å². The van der Waals surface area contributed by atoms with Gasteiger partial charge in [0.05, 0.1) is 12.8 Å². The molecule has 1 heterocycles. The molecule has 5 heteroatoms. The summed E-state index contributed by atoms with van der Waals surface area (Å²) in [6.07, 6.45) is 0.778. The van der Waals surface area contributed by atoms with Crippen molar-refractivity contribution < 1.29 is 9.21 Å². The van der Waals surface area contributed by atoms with Crippen LogP contribution in [0, 0.1) is 0 Å². The number of nitrogens with one attached hydrogen (secondary N) is 1. The summed E-state index contributed by atoms with van der Waals surface area (Å²) in [6.45, 7) is 4.33. The lowest BCUT2D eigenvalue weighted by molar-refractivity contribution is -0.115. The molecule has 4 aromatic rings. The van der Waals surface area contributed by atoms with Crippen LogP contribution < -0.4 is 5.32 Å². The lowest BCUT2D eigenvalue weighted by Crippen LogP contribution is -2.14. The summed E-state index contributed by atoms with van der Waals surface area (Å²) in [4.78, 5) is 12.5. The lowest BCUT2D eigenvalue weighted by atomic mass is 10.0. The van der Waals surface area contributed by atoms with E-state index in [0.29, 0.717) is 18.2 Å². The highest BCUT2D eigenvalue weighted by Gasteiger charge is 2.12. The average Bonchev–Trinajstić information content (AvgIpc) is 3.15. The third kappa shape index (κ3) is 4.51. The molecule has 0 saturated heterocycles. The molecule has 0 spiro atoms. The van der Waals surface area contributed by atoms with Gasteiger partial charge in [-0.15, -0.1) is 5.10 Å². The van der Waals surface area contributed by atoms with E-state index in [1.54, 1.807) is 0 Å². The minimum absolute atomic E-state index is 0.129. The molecule has 1 N–H and O–H groups in total. The van der Waals surface area contributed by atoms with Gasteiger partial charge < -0.3 is 4.42 Å². The highest BCUT2D eigenvalue weighted by molar-refractivity contribution is 5.95. The van der Waals surface area contributed by atoms with Gasteiger partial charge in [0.15, 0.2) is 0 Å². The first-order valence-corrected chi connectivity index (χ1v) is 9.76. The largest absolute Gasteiger partial charge is 0.407 e. The fraction of sp³-hybridized carbons (Fsp3) is 0.208. The Bertz CT molecular complexity index is 1130. The first-order valence-electron chi connectivity index (χ1n) is 9.76. The van der Waals surface area contributed by atoms with Crippen LogP contribution in [0.15, 0.2) is 71.1 Å². The fourth-order valence-corrected chi connectivity index (χ4v) is 3.35. The second-order valence-electron chi connectivity index (χ2n) is 7.44. The van der Waals surface area contributed by atoms with Crippen molar-refractivity contribution in [2.75, 3.05) is 5.32 Å².